The van der Waals surface area contributed by atoms with Gasteiger partial charge in [-0.1, -0.05) is 12.1 Å². The fourth-order valence-electron chi connectivity index (χ4n) is 3.63. The second-order valence-electron chi connectivity index (χ2n) is 7.03. The van der Waals surface area contributed by atoms with E-state index in [0.717, 1.165) is 32.9 Å². The van der Waals surface area contributed by atoms with E-state index in [4.69, 9.17) is 4.74 Å². The lowest BCUT2D eigenvalue weighted by Crippen LogP contribution is -2.29. The van der Waals surface area contributed by atoms with Crippen molar-refractivity contribution >= 4 is 33.4 Å². The van der Waals surface area contributed by atoms with Crippen LogP contribution in [0.2, 0.25) is 0 Å². The smallest absolute Gasteiger partial charge is 0.329 e. The molecule has 7 nitrogen and oxygen atoms in total. The SMILES string of the molecule is CCOc1ccc(-c2nc(NC(=O)Cn3c(=O)n(CC)c4ccccc43)sc2C)cc1. The standard InChI is InChI=1S/C23H24N4O3S/c1-4-26-18-8-6-7-9-19(18)27(23(26)29)14-20(28)24-22-25-21(15(3)31-22)16-10-12-17(13-11-16)30-5-2/h6-13H,4-5,14H2,1-3H3,(H,24,25,28). The second kappa shape index (κ2) is 8.77. The van der Waals surface area contributed by atoms with Crippen molar-refractivity contribution in [1.82, 2.24) is 14.1 Å². The molecule has 0 spiro atoms. The molecular weight excluding hydrogens is 412 g/mol. The fraction of sp³-hybridized carbons (Fsp3) is 0.261. The maximum Gasteiger partial charge on any atom is 0.329 e. The lowest BCUT2D eigenvalue weighted by atomic mass is 10.1. The van der Waals surface area contributed by atoms with E-state index in [1.165, 1.54) is 15.9 Å². The van der Waals surface area contributed by atoms with Crippen LogP contribution >= 0.6 is 11.3 Å². The van der Waals surface area contributed by atoms with Gasteiger partial charge in [-0.05, 0) is 57.2 Å². The molecule has 0 aliphatic rings. The minimum absolute atomic E-state index is 0.0661. The Morgan fingerprint density at radius 3 is 2.39 bits per heavy atom. The normalized spacial score (nSPS) is 11.1. The second-order valence-corrected chi connectivity index (χ2v) is 8.23. The molecular formula is C23H24N4O3S. The highest BCUT2D eigenvalue weighted by atomic mass is 32.1. The molecule has 0 fully saturated rings. The summed E-state index contributed by atoms with van der Waals surface area (Å²) in [4.78, 5) is 31.1. The summed E-state index contributed by atoms with van der Waals surface area (Å²) in [6.45, 7) is 6.93. The number of fused-ring (bicyclic) bond motifs is 1. The van der Waals surface area contributed by atoms with E-state index in [1.54, 1.807) is 4.57 Å². The number of carbonyl (C=O) groups is 1. The molecule has 1 amide bonds. The van der Waals surface area contributed by atoms with E-state index >= 15 is 0 Å². The van der Waals surface area contributed by atoms with Crippen LogP contribution in [-0.2, 0) is 17.9 Å². The number of amides is 1. The molecule has 4 aromatic rings. The van der Waals surface area contributed by atoms with Gasteiger partial charge in [0, 0.05) is 17.0 Å². The van der Waals surface area contributed by atoms with E-state index < -0.39 is 0 Å². The van der Waals surface area contributed by atoms with Crippen LogP contribution in [0.3, 0.4) is 0 Å². The summed E-state index contributed by atoms with van der Waals surface area (Å²) in [5, 5.41) is 3.36. The maximum atomic E-state index is 12.7. The van der Waals surface area contributed by atoms with Gasteiger partial charge in [0.05, 0.1) is 23.3 Å². The van der Waals surface area contributed by atoms with Gasteiger partial charge in [-0.2, -0.15) is 0 Å². The molecule has 1 N–H and O–H groups in total. The molecule has 2 aromatic heterocycles. The quantitative estimate of drug-likeness (QED) is 0.469. The van der Waals surface area contributed by atoms with Crippen molar-refractivity contribution in [2.24, 2.45) is 0 Å². The molecule has 31 heavy (non-hydrogen) atoms. The van der Waals surface area contributed by atoms with E-state index in [1.807, 2.05) is 69.3 Å². The Hall–Kier alpha value is -3.39. The van der Waals surface area contributed by atoms with Crippen molar-refractivity contribution in [3.63, 3.8) is 0 Å². The van der Waals surface area contributed by atoms with Crippen LogP contribution in [0, 0.1) is 6.92 Å². The number of para-hydroxylation sites is 2. The molecule has 0 aliphatic heterocycles. The third-order valence-corrected chi connectivity index (χ3v) is 5.91. The van der Waals surface area contributed by atoms with Crippen molar-refractivity contribution in [3.05, 3.63) is 63.9 Å². The van der Waals surface area contributed by atoms with E-state index in [2.05, 4.69) is 10.3 Å². The maximum absolute atomic E-state index is 12.7. The monoisotopic (exact) mass is 436 g/mol. The molecule has 0 saturated heterocycles. The number of aromatic nitrogens is 3. The Labute approximate surface area is 183 Å². The van der Waals surface area contributed by atoms with Crippen molar-refractivity contribution < 1.29 is 9.53 Å². The summed E-state index contributed by atoms with van der Waals surface area (Å²) in [6.07, 6.45) is 0. The van der Waals surface area contributed by atoms with E-state index in [-0.39, 0.29) is 18.1 Å². The minimum Gasteiger partial charge on any atom is -0.494 e. The first-order chi connectivity index (χ1) is 15.0. The summed E-state index contributed by atoms with van der Waals surface area (Å²) in [7, 11) is 0. The average molecular weight is 437 g/mol. The van der Waals surface area contributed by atoms with Gasteiger partial charge >= 0.3 is 5.69 Å². The summed E-state index contributed by atoms with van der Waals surface area (Å²) in [5.74, 6) is 0.525. The number of nitrogens with zero attached hydrogens (tertiary/aromatic N) is 3. The van der Waals surface area contributed by atoms with Crippen LogP contribution in [0.5, 0.6) is 5.75 Å². The Kier molecular flexibility index (Phi) is 5.90. The van der Waals surface area contributed by atoms with E-state index in [0.29, 0.717) is 18.3 Å². The van der Waals surface area contributed by atoms with Crippen molar-refractivity contribution in [3.8, 4) is 17.0 Å². The van der Waals surface area contributed by atoms with Crippen LogP contribution in [0.15, 0.2) is 53.3 Å². The fourth-order valence-corrected chi connectivity index (χ4v) is 4.48. The molecule has 2 aromatic carbocycles. The number of anilines is 1. The molecule has 2 heterocycles. The number of hydrogen-bond donors (Lipinski definition) is 1. The number of ether oxygens (including phenoxy) is 1. The Bertz CT molecular complexity index is 1280. The highest BCUT2D eigenvalue weighted by molar-refractivity contribution is 7.16. The Morgan fingerprint density at radius 2 is 1.74 bits per heavy atom. The van der Waals surface area contributed by atoms with Gasteiger partial charge in [0.2, 0.25) is 5.91 Å². The van der Waals surface area contributed by atoms with E-state index in [9.17, 15) is 9.59 Å². The number of nitrogens with one attached hydrogen (secondary N) is 1. The van der Waals surface area contributed by atoms with Crippen LogP contribution in [0.1, 0.15) is 18.7 Å². The summed E-state index contributed by atoms with van der Waals surface area (Å²) in [5.41, 5.74) is 3.16. The Balaban J connectivity index is 1.54. The van der Waals surface area contributed by atoms with Crippen molar-refractivity contribution in [2.75, 3.05) is 11.9 Å². The number of imidazole rings is 1. The number of carbonyl (C=O) groups excluding carboxylic acids is 1. The number of benzene rings is 2. The Morgan fingerprint density at radius 1 is 1.06 bits per heavy atom. The lowest BCUT2D eigenvalue weighted by molar-refractivity contribution is -0.116. The zero-order valence-electron chi connectivity index (χ0n) is 17.7. The zero-order chi connectivity index (χ0) is 22.0. The molecule has 160 valence electrons. The third kappa shape index (κ3) is 4.11. The number of hydrogen-bond acceptors (Lipinski definition) is 5. The predicted octanol–water partition coefficient (Wildman–Crippen LogP) is 4.29. The third-order valence-electron chi connectivity index (χ3n) is 5.02. The molecule has 0 aliphatic carbocycles. The largest absolute Gasteiger partial charge is 0.494 e. The van der Waals surface area contributed by atoms with Gasteiger partial charge < -0.3 is 10.1 Å². The van der Waals surface area contributed by atoms with Crippen molar-refractivity contribution in [1.29, 1.82) is 0 Å². The van der Waals surface area contributed by atoms with Crippen LogP contribution < -0.4 is 15.7 Å². The van der Waals surface area contributed by atoms with Gasteiger partial charge in [0.25, 0.3) is 0 Å². The molecule has 8 heteroatoms. The number of thiazole rings is 1. The van der Waals surface area contributed by atoms with Gasteiger partial charge in [0.15, 0.2) is 5.13 Å². The van der Waals surface area contributed by atoms with Crippen LogP contribution in [0.4, 0.5) is 5.13 Å². The number of aryl methyl sites for hydroxylation is 2. The predicted molar refractivity (Wildman–Crippen MR) is 124 cm³/mol. The lowest BCUT2D eigenvalue weighted by Gasteiger charge is -2.04. The average Bonchev–Trinajstić information content (AvgIpc) is 3.25. The van der Waals surface area contributed by atoms with Crippen LogP contribution in [-0.4, -0.2) is 26.6 Å². The summed E-state index contributed by atoms with van der Waals surface area (Å²) < 4.78 is 8.66. The number of rotatable bonds is 7. The summed E-state index contributed by atoms with van der Waals surface area (Å²) in [6, 6.07) is 15.2. The molecule has 4 rings (SSSR count). The van der Waals surface area contributed by atoms with Crippen molar-refractivity contribution in [2.45, 2.75) is 33.9 Å². The first-order valence-corrected chi connectivity index (χ1v) is 11.0. The minimum atomic E-state index is -0.284. The topological polar surface area (TPSA) is 78.2 Å². The van der Waals surface area contributed by atoms with Gasteiger partial charge in [0.1, 0.15) is 12.3 Å². The molecule has 0 atom stereocenters. The summed E-state index contributed by atoms with van der Waals surface area (Å²) >= 11 is 1.41. The molecule has 0 saturated carbocycles. The molecule has 0 radical (unpaired) electrons. The zero-order valence-corrected chi connectivity index (χ0v) is 18.5. The first-order valence-electron chi connectivity index (χ1n) is 10.2. The highest BCUT2D eigenvalue weighted by Gasteiger charge is 2.16. The highest BCUT2D eigenvalue weighted by Crippen LogP contribution is 2.31. The molecule has 0 bridgehead atoms. The van der Waals surface area contributed by atoms with Gasteiger partial charge in [-0.15, -0.1) is 11.3 Å². The molecule has 0 unspecified atom stereocenters. The van der Waals surface area contributed by atoms with Gasteiger partial charge in [-0.3, -0.25) is 13.9 Å². The van der Waals surface area contributed by atoms with Crippen LogP contribution in [0.25, 0.3) is 22.3 Å². The first kappa shape index (κ1) is 20.9. The van der Waals surface area contributed by atoms with Gasteiger partial charge in [-0.25, -0.2) is 9.78 Å².